The summed E-state index contributed by atoms with van der Waals surface area (Å²) in [6, 6.07) is 9.49. The van der Waals surface area contributed by atoms with E-state index in [4.69, 9.17) is 14.5 Å². The summed E-state index contributed by atoms with van der Waals surface area (Å²) in [5, 5.41) is 8.55. The molecule has 4 aromatic rings. The fourth-order valence-electron chi connectivity index (χ4n) is 3.06. The van der Waals surface area contributed by atoms with Gasteiger partial charge in [-0.25, -0.2) is 9.97 Å². The molecule has 0 unspecified atom stereocenters. The highest BCUT2D eigenvalue weighted by Crippen LogP contribution is 2.30. The third kappa shape index (κ3) is 3.20. The molecule has 0 amide bonds. The van der Waals surface area contributed by atoms with Crippen molar-refractivity contribution in [3.63, 3.8) is 0 Å². The predicted molar refractivity (Wildman–Crippen MR) is 106 cm³/mol. The number of ether oxygens (including phenoxy) is 2. The van der Waals surface area contributed by atoms with Crippen molar-refractivity contribution in [3.05, 3.63) is 54.5 Å². The van der Waals surface area contributed by atoms with Crippen molar-refractivity contribution in [2.75, 3.05) is 19.5 Å². The van der Waals surface area contributed by atoms with E-state index in [0.29, 0.717) is 18.2 Å². The monoisotopic (exact) mass is 376 g/mol. The van der Waals surface area contributed by atoms with Gasteiger partial charge < -0.3 is 14.8 Å². The summed E-state index contributed by atoms with van der Waals surface area (Å²) < 4.78 is 12.7. The van der Waals surface area contributed by atoms with Gasteiger partial charge >= 0.3 is 0 Å². The SMILES string of the molecule is COc1cccc(OC)c1CNc1nc(-c2cccnc2)nc2c1cnn2C. The summed E-state index contributed by atoms with van der Waals surface area (Å²) in [5.74, 6) is 2.76. The van der Waals surface area contributed by atoms with Crippen molar-refractivity contribution in [3.8, 4) is 22.9 Å². The van der Waals surface area contributed by atoms with Gasteiger partial charge in [-0.05, 0) is 24.3 Å². The van der Waals surface area contributed by atoms with E-state index in [1.54, 1.807) is 37.5 Å². The van der Waals surface area contributed by atoms with Crippen LogP contribution in [0.3, 0.4) is 0 Å². The third-order valence-electron chi connectivity index (χ3n) is 4.47. The van der Waals surface area contributed by atoms with E-state index in [1.165, 1.54) is 0 Å². The lowest BCUT2D eigenvalue weighted by Crippen LogP contribution is -2.07. The maximum Gasteiger partial charge on any atom is 0.165 e. The number of aromatic nitrogens is 5. The molecule has 0 radical (unpaired) electrons. The summed E-state index contributed by atoms with van der Waals surface area (Å²) in [5.41, 5.74) is 2.48. The molecule has 0 saturated carbocycles. The van der Waals surface area contributed by atoms with Crippen LogP contribution in [-0.2, 0) is 13.6 Å². The summed E-state index contributed by atoms with van der Waals surface area (Å²) in [4.78, 5) is 13.5. The first-order valence-electron chi connectivity index (χ1n) is 8.75. The van der Waals surface area contributed by atoms with E-state index in [-0.39, 0.29) is 0 Å². The van der Waals surface area contributed by atoms with Crippen LogP contribution in [0.5, 0.6) is 11.5 Å². The summed E-state index contributed by atoms with van der Waals surface area (Å²) in [7, 11) is 5.14. The van der Waals surface area contributed by atoms with Gasteiger partial charge in [-0.1, -0.05) is 6.07 Å². The van der Waals surface area contributed by atoms with Gasteiger partial charge in [-0.2, -0.15) is 5.10 Å². The van der Waals surface area contributed by atoms with Crippen LogP contribution < -0.4 is 14.8 Å². The van der Waals surface area contributed by atoms with Gasteiger partial charge in [-0.15, -0.1) is 0 Å². The number of hydrogen-bond acceptors (Lipinski definition) is 7. The smallest absolute Gasteiger partial charge is 0.165 e. The lowest BCUT2D eigenvalue weighted by molar-refractivity contribution is 0.386. The van der Waals surface area contributed by atoms with Crippen molar-refractivity contribution in [1.29, 1.82) is 0 Å². The number of nitrogens with one attached hydrogen (secondary N) is 1. The molecule has 4 rings (SSSR count). The second kappa shape index (κ2) is 7.51. The van der Waals surface area contributed by atoms with Crippen LogP contribution in [0.4, 0.5) is 5.82 Å². The molecule has 0 aliphatic rings. The largest absolute Gasteiger partial charge is 0.496 e. The molecule has 3 heterocycles. The molecular formula is C20H20N6O2. The molecule has 0 aliphatic heterocycles. The first-order valence-corrected chi connectivity index (χ1v) is 8.75. The highest BCUT2D eigenvalue weighted by molar-refractivity contribution is 5.88. The van der Waals surface area contributed by atoms with E-state index in [0.717, 1.165) is 33.7 Å². The van der Waals surface area contributed by atoms with Crippen LogP contribution in [0.2, 0.25) is 0 Å². The summed E-state index contributed by atoms with van der Waals surface area (Å²) in [6.07, 6.45) is 5.22. The Morgan fingerprint density at radius 3 is 2.46 bits per heavy atom. The Hall–Kier alpha value is -3.68. The number of fused-ring (bicyclic) bond motifs is 1. The van der Waals surface area contributed by atoms with E-state index >= 15 is 0 Å². The molecule has 0 fully saturated rings. The van der Waals surface area contributed by atoms with Gasteiger partial charge in [0.25, 0.3) is 0 Å². The van der Waals surface area contributed by atoms with E-state index < -0.39 is 0 Å². The Labute approximate surface area is 162 Å². The number of anilines is 1. The highest BCUT2D eigenvalue weighted by atomic mass is 16.5. The van der Waals surface area contributed by atoms with Crippen LogP contribution >= 0.6 is 0 Å². The topological polar surface area (TPSA) is 87.0 Å². The molecule has 3 aromatic heterocycles. The number of methoxy groups -OCH3 is 2. The van der Waals surface area contributed by atoms with Gasteiger partial charge in [0, 0.05) is 31.5 Å². The van der Waals surface area contributed by atoms with Crippen LogP contribution in [0.1, 0.15) is 5.56 Å². The Balaban J connectivity index is 1.75. The first kappa shape index (κ1) is 17.7. The molecule has 8 nitrogen and oxygen atoms in total. The zero-order valence-corrected chi connectivity index (χ0v) is 15.9. The van der Waals surface area contributed by atoms with Crippen LogP contribution in [0.15, 0.2) is 48.9 Å². The van der Waals surface area contributed by atoms with Gasteiger partial charge in [0.1, 0.15) is 17.3 Å². The molecular weight excluding hydrogens is 356 g/mol. The minimum absolute atomic E-state index is 0.473. The van der Waals surface area contributed by atoms with Crippen molar-refractivity contribution < 1.29 is 9.47 Å². The Bertz CT molecular complexity index is 1090. The number of hydrogen-bond donors (Lipinski definition) is 1. The van der Waals surface area contributed by atoms with E-state index in [1.807, 2.05) is 37.4 Å². The lowest BCUT2D eigenvalue weighted by atomic mass is 10.1. The Morgan fingerprint density at radius 1 is 1.00 bits per heavy atom. The van der Waals surface area contributed by atoms with Crippen molar-refractivity contribution >= 4 is 16.9 Å². The number of rotatable bonds is 6. The standard InChI is InChI=1S/C20H20N6O2/c1-26-20-15(12-23-26)19(24-18(25-20)13-6-5-9-21-10-13)22-11-14-16(27-2)7-4-8-17(14)28-3/h4-10,12H,11H2,1-3H3,(H,22,24,25). The minimum Gasteiger partial charge on any atom is -0.496 e. The van der Waals surface area contributed by atoms with Gasteiger partial charge in [0.15, 0.2) is 11.5 Å². The molecule has 0 aliphatic carbocycles. The second-order valence-electron chi connectivity index (χ2n) is 6.14. The molecule has 0 spiro atoms. The summed E-state index contributed by atoms with van der Waals surface area (Å²) >= 11 is 0. The highest BCUT2D eigenvalue weighted by Gasteiger charge is 2.15. The number of pyridine rings is 1. The van der Waals surface area contributed by atoms with Gasteiger partial charge in [-0.3, -0.25) is 9.67 Å². The van der Waals surface area contributed by atoms with Crippen molar-refractivity contribution in [2.24, 2.45) is 7.05 Å². The maximum absolute atomic E-state index is 5.48. The molecule has 28 heavy (non-hydrogen) atoms. The number of aryl methyl sites for hydroxylation is 1. The molecule has 1 aromatic carbocycles. The average Bonchev–Trinajstić information content (AvgIpc) is 3.13. The molecule has 142 valence electrons. The lowest BCUT2D eigenvalue weighted by Gasteiger charge is -2.14. The second-order valence-corrected chi connectivity index (χ2v) is 6.14. The summed E-state index contributed by atoms with van der Waals surface area (Å²) in [6.45, 7) is 0.473. The molecule has 0 bridgehead atoms. The molecule has 1 N–H and O–H groups in total. The average molecular weight is 376 g/mol. The fourth-order valence-corrected chi connectivity index (χ4v) is 3.06. The van der Waals surface area contributed by atoms with Crippen molar-refractivity contribution in [2.45, 2.75) is 6.54 Å². The molecule has 0 atom stereocenters. The maximum atomic E-state index is 5.48. The number of nitrogens with zero attached hydrogens (tertiary/aromatic N) is 5. The van der Waals surface area contributed by atoms with Gasteiger partial charge in [0.05, 0.1) is 31.4 Å². The zero-order chi connectivity index (χ0) is 19.5. The molecule has 8 heteroatoms. The normalized spacial score (nSPS) is 10.8. The zero-order valence-electron chi connectivity index (χ0n) is 15.9. The van der Waals surface area contributed by atoms with E-state index in [2.05, 4.69) is 20.4 Å². The predicted octanol–water partition coefficient (Wildman–Crippen LogP) is 3.05. The first-order chi connectivity index (χ1) is 13.7. The Morgan fingerprint density at radius 2 is 1.79 bits per heavy atom. The third-order valence-corrected chi connectivity index (χ3v) is 4.47. The van der Waals surface area contributed by atoms with Crippen LogP contribution in [0, 0.1) is 0 Å². The van der Waals surface area contributed by atoms with Crippen LogP contribution in [-0.4, -0.2) is 39.0 Å². The van der Waals surface area contributed by atoms with Crippen molar-refractivity contribution in [1.82, 2.24) is 24.7 Å². The quantitative estimate of drug-likeness (QED) is 0.553. The molecule has 0 saturated heterocycles. The van der Waals surface area contributed by atoms with Crippen LogP contribution in [0.25, 0.3) is 22.4 Å². The minimum atomic E-state index is 0.473. The Kier molecular flexibility index (Phi) is 4.76. The number of benzene rings is 1. The fraction of sp³-hybridized carbons (Fsp3) is 0.200. The van der Waals surface area contributed by atoms with Gasteiger partial charge in [0.2, 0.25) is 0 Å². The van der Waals surface area contributed by atoms with E-state index in [9.17, 15) is 0 Å².